The van der Waals surface area contributed by atoms with E-state index in [1.165, 1.54) is 5.56 Å². The van der Waals surface area contributed by atoms with Crippen molar-refractivity contribution in [3.63, 3.8) is 0 Å². The first-order valence-electron chi connectivity index (χ1n) is 10.7. The lowest BCUT2D eigenvalue weighted by molar-refractivity contribution is -0.116. The van der Waals surface area contributed by atoms with Crippen LogP contribution in [-0.4, -0.2) is 21.5 Å². The van der Waals surface area contributed by atoms with Crippen molar-refractivity contribution >= 4 is 34.8 Å². The monoisotopic (exact) mass is 446 g/mol. The number of allylic oxidation sites excluding steroid dienone is 2. The normalized spacial score (nSPS) is 17.5. The quantitative estimate of drug-likeness (QED) is 0.562. The Morgan fingerprint density at radius 1 is 1.16 bits per heavy atom. The molecule has 1 aromatic heterocycles. The van der Waals surface area contributed by atoms with Gasteiger partial charge in [-0.3, -0.25) is 9.59 Å². The molecular formula is C25H23ClN4O2. The smallest absolute Gasteiger partial charge is 0.261 e. The Hall–Kier alpha value is -3.38. The molecule has 1 aliphatic heterocycles. The van der Waals surface area contributed by atoms with Crippen LogP contribution >= 0.6 is 11.6 Å². The third-order valence-electron chi connectivity index (χ3n) is 6.21. The summed E-state index contributed by atoms with van der Waals surface area (Å²) in [7, 11) is 0. The molecule has 1 amide bonds. The van der Waals surface area contributed by atoms with E-state index < -0.39 is 6.04 Å². The predicted molar refractivity (Wildman–Crippen MR) is 125 cm³/mol. The van der Waals surface area contributed by atoms with Gasteiger partial charge in [-0.1, -0.05) is 29.8 Å². The van der Waals surface area contributed by atoms with Crippen LogP contribution in [0.15, 0.2) is 59.9 Å². The number of anilines is 2. The SMILES string of the molecule is Cc1ccc(NC(=O)c2cnn3c2NC2=C(C(=O)CCC2)C3c2cccc(Cl)c2)cc1C. The molecule has 5 rings (SSSR count). The van der Waals surface area contributed by atoms with E-state index in [0.717, 1.165) is 35.4 Å². The molecule has 2 heterocycles. The highest BCUT2D eigenvalue weighted by Gasteiger charge is 2.37. The average Bonchev–Trinajstić information content (AvgIpc) is 3.19. The van der Waals surface area contributed by atoms with E-state index in [2.05, 4.69) is 15.7 Å². The Morgan fingerprint density at radius 2 is 2.00 bits per heavy atom. The molecule has 2 N–H and O–H groups in total. The van der Waals surface area contributed by atoms with Crippen LogP contribution in [0.2, 0.25) is 5.02 Å². The molecular weight excluding hydrogens is 424 g/mol. The zero-order chi connectivity index (χ0) is 22.4. The van der Waals surface area contributed by atoms with Crippen LogP contribution in [0.25, 0.3) is 0 Å². The number of halogens is 1. The Balaban J connectivity index is 1.56. The molecule has 0 saturated heterocycles. The van der Waals surface area contributed by atoms with Gasteiger partial charge in [0.15, 0.2) is 5.78 Å². The number of amides is 1. The van der Waals surface area contributed by atoms with Crippen LogP contribution in [0.5, 0.6) is 0 Å². The van der Waals surface area contributed by atoms with Gasteiger partial charge in [0.05, 0.1) is 6.20 Å². The number of ketones is 1. The number of aromatic nitrogens is 2. The van der Waals surface area contributed by atoms with Crippen LogP contribution in [0, 0.1) is 13.8 Å². The van der Waals surface area contributed by atoms with Crippen molar-refractivity contribution in [1.29, 1.82) is 0 Å². The molecule has 3 aromatic rings. The van der Waals surface area contributed by atoms with Crippen LogP contribution in [0.3, 0.4) is 0 Å². The van der Waals surface area contributed by atoms with Gasteiger partial charge < -0.3 is 10.6 Å². The summed E-state index contributed by atoms with van der Waals surface area (Å²) in [5.41, 5.74) is 5.86. The van der Waals surface area contributed by atoms with E-state index in [9.17, 15) is 9.59 Å². The summed E-state index contributed by atoms with van der Waals surface area (Å²) in [4.78, 5) is 26.1. The number of rotatable bonds is 3. The summed E-state index contributed by atoms with van der Waals surface area (Å²) >= 11 is 6.26. The van der Waals surface area contributed by atoms with E-state index in [4.69, 9.17) is 11.6 Å². The standard InChI is InChI=1S/C25H23ClN4O2/c1-14-9-10-18(11-15(14)2)28-25(32)19-13-27-30-23(16-5-3-6-17(26)12-16)22-20(29-24(19)30)7-4-8-21(22)31/h3,5-6,9-13,23,29H,4,7-8H2,1-2H3,(H,28,32). The number of hydrogen-bond donors (Lipinski definition) is 2. The molecule has 0 spiro atoms. The van der Waals surface area contributed by atoms with Crippen molar-refractivity contribution in [2.45, 2.75) is 39.2 Å². The van der Waals surface area contributed by atoms with Gasteiger partial charge in [-0.25, -0.2) is 4.68 Å². The van der Waals surface area contributed by atoms with Crippen LogP contribution < -0.4 is 10.6 Å². The van der Waals surface area contributed by atoms with Gasteiger partial charge in [-0.2, -0.15) is 5.10 Å². The molecule has 162 valence electrons. The fourth-order valence-corrected chi connectivity index (χ4v) is 4.63. The third kappa shape index (κ3) is 3.50. The van der Waals surface area contributed by atoms with Crippen LogP contribution in [0.4, 0.5) is 11.5 Å². The third-order valence-corrected chi connectivity index (χ3v) is 6.45. The van der Waals surface area contributed by atoms with Gasteiger partial charge in [0.1, 0.15) is 17.4 Å². The molecule has 1 unspecified atom stereocenters. The van der Waals surface area contributed by atoms with Crippen molar-refractivity contribution in [1.82, 2.24) is 9.78 Å². The first-order chi connectivity index (χ1) is 15.4. The summed E-state index contributed by atoms with van der Waals surface area (Å²) in [5.74, 6) is 0.439. The zero-order valence-electron chi connectivity index (χ0n) is 17.9. The topological polar surface area (TPSA) is 76.0 Å². The lowest BCUT2D eigenvalue weighted by Crippen LogP contribution is -2.32. The lowest BCUT2D eigenvalue weighted by atomic mass is 9.85. The predicted octanol–water partition coefficient (Wildman–Crippen LogP) is 5.43. The Labute approximate surface area is 191 Å². The zero-order valence-corrected chi connectivity index (χ0v) is 18.7. The molecule has 0 saturated carbocycles. The highest BCUT2D eigenvalue weighted by molar-refractivity contribution is 6.30. The number of aryl methyl sites for hydroxylation is 2. The van der Waals surface area contributed by atoms with Crippen molar-refractivity contribution in [2.75, 3.05) is 10.6 Å². The average molecular weight is 447 g/mol. The second-order valence-corrected chi connectivity index (χ2v) is 8.79. The molecule has 1 aliphatic carbocycles. The molecule has 32 heavy (non-hydrogen) atoms. The molecule has 1 atom stereocenters. The summed E-state index contributed by atoms with van der Waals surface area (Å²) in [5, 5.41) is 11.4. The molecule has 2 aliphatic rings. The number of fused-ring (bicyclic) bond motifs is 1. The summed E-state index contributed by atoms with van der Waals surface area (Å²) in [6.45, 7) is 4.05. The maximum absolute atomic E-state index is 13.2. The van der Waals surface area contributed by atoms with E-state index in [0.29, 0.717) is 28.4 Å². The van der Waals surface area contributed by atoms with Crippen molar-refractivity contribution < 1.29 is 9.59 Å². The van der Waals surface area contributed by atoms with Gasteiger partial charge in [-0.05, 0) is 67.6 Å². The fraction of sp³-hybridized carbons (Fsp3) is 0.240. The molecule has 2 aromatic carbocycles. The van der Waals surface area contributed by atoms with Gasteiger partial charge in [-0.15, -0.1) is 0 Å². The number of benzene rings is 2. The second kappa shape index (κ2) is 7.95. The number of nitrogens with one attached hydrogen (secondary N) is 2. The number of Topliss-reactive ketones (excluding diaryl/α,β-unsaturated/α-hetero) is 1. The minimum Gasteiger partial charge on any atom is -0.343 e. The van der Waals surface area contributed by atoms with Crippen LogP contribution in [-0.2, 0) is 4.79 Å². The Bertz CT molecular complexity index is 1290. The van der Waals surface area contributed by atoms with Crippen molar-refractivity contribution in [2.24, 2.45) is 0 Å². The van der Waals surface area contributed by atoms with Crippen molar-refractivity contribution in [3.05, 3.63) is 87.2 Å². The Morgan fingerprint density at radius 3 is 2.78 bits per heavy atom. The number of carbonyl (C=O) groups is 2. The summed E-state index contributed by atoms with van der Waals surface area (Å²) in [6.07, 6.45) is 3.60. The maximum Gasteiger partial charge on any atom is 0.261 e. The first-order valence-corrected chi connectivity index (χ1v) is 11.0. The maximum atomic E-state index is 13.2. The van der Waals surface area contributed by atoms with E-state index >= 15 is 0 Å². The number of hydrogen-bond acceptors (Lipinski definition) is 4. The fourth-order valence-electron chi connectivity index (χ4n) is 4.43. The van der Waals surface area contributed by atoms with E-state index in [1.54, 1.807) is 16.9 Å². The van der Waals surface area contributed by atoms with Gasteiger partial charge in [0.2, 0.25) is 0 Å². The Kier molecular flexibility index (Phi) is 5.10. The van der Waals surface area contributed by atoms with Gasteiger partial charge in [0, 0.05) is 28.4 Å². The highest BCUT2D eigenvalue weighted by atomic mass is 35.5. The van der Waals surface area contributed by atoms with Crippen LogP contribution in [0.1, 0.15) is 52.4 Å². The van der Waals surface area contributed by atoms with E-state index in [-0.39, 0.29) is 11.7 Å². The molecule has 6 nitrogen and oxygen atoms in total. The molecule has 0 fully saturated rings. The van der Waals surface area contributed by atoms with E-state index in [1.807, 2.05) is 50.2 Å². The minimum absolute atomic E-state index is 0.103. The van der Waals surface area contributed by atoms with Gasteiger partial charge >= 0.3 is 0 Å². The second-order valence-electron chi connectivity index (χ2n) is 8.36. The summed E-state index contributed by atoms with van der Waals surface area (Å²) < 4.78 is 1.73. The number of nitrogens with zero attached hydrogens (tertiary/aromatic N) is 2. The summed E-state index contributed by atoms with van der Waals surface area (Å²) in [6, 6.07) is 12.9. The highest BCUT2D eigenvalue weighted by Crippen LogP contribution is 2.42. The minimum atomic E-state index is -0.420. The largest absolute Gasteiger partial charge is 0.343 e. The first kappa shape index (κ1) is 20.5. The molecule has 0 bridgehead atoms. The lowest BCUT2D eigenvalue weighted by Gasteiger charge is -2.33. The van der Waals surface area contributed by atoms with Crippen molar-refractivity contribution in [3.8, 4) is 0 Å². The molecule has 0 radical (unpaired) electrons. The number of carbonyl (C=O) groups excluding carboxylic acids is 2. The molecule has 7 heteroatoms. The van der Waals surface area contributed by atoms with Gasteiger partial charge in [0.25, 0.3) is 5.91 Å².